The Bertz CT molecular complexity index is 547. The molecule has 2 aromatic heterocycles. The van der Waals surface area contributed by atoms with Gasteiger partial charge in [0.2, 0.25) is 5.95 Å². The number of nitrogens with zero attached hydrogens (tertiary/aromatic N) is 3. The second-order valence-electron chi connectivity index (χ2n) is 4.71. The molecule has 2 aromatic rings. The lowest BCUT2D eigenvalue weighted by molar-refractivity contribution is 0.405. The molecule has 1 atom stereocenters. The van der Waals surface area contributed by atoms with Gasteiger partial charge in [-0.25, -0.2) is 15.0 Å². The van der Waals surface area contributed by atoms with Crippen LogP contribution in [-0.4, -0.2) is 21.5 Å². The summed E-state index contributed by atoms with van der Waals surface area (Å²) < 4.78 is 0. The highest BCUT2D eigenvalue weighted by Crippen LogP contribution is 2.23. The predicted octanol–water partition coefficient (Wildman–Crippen LogP) is 2.80. The van der Waals surface area contributed by atoms with Crippen LogP contribution in [0.25, 0.3) is 0 Å². The van der Waals surface area contributed by atoms with Crippen molar-refractivity contribution in [2.45, 2.75) is 32.2 Å². The van der Waals surface area contributed by atoms with Crippen LogP contribution in [0.3, 0.4) is 0 Å². The van der Waals surface area contributed by atoms with Crippen LogP contribution >= 0.6 is 11.3 Å². The largest absolute Gasteiger partial charge is 0.309 e. The second-order valence-corrected chi connectivity index (χ2v) is 5.94. The Morgan fingerprint density at radius 2 is 2.32 bits per heavy atom. The monoisotopic (exact) mass is 275 g/mol. The fourth-order valence-corrected chi connectivity index (χ4v) is 2.90. The molecule has 0 spiro atoms. The Hall–Kier alpha value is -1.53. The van der Waals surface area contributed by atoms with E-state index in [1.807, 2.05) is 19.2 Å². The van der Waals surface area contributed by atoms with E-state index < -0.39 is 0 Å². The van der Waals surface area contributed by atoms with Gasteiger partial charge in [0.1, 0.15) is 0 Å². The van der Waals surface area contributed by atoms with Crippen LogP contribution in [0.4, 0.5) is 11.1 Å². The molecule has 1 fully saturated rings. The first kappa shape index (κ1) is 12.5. The fourth-order valence-electron chi connectivity index (χ4n) is 2.24. The van der Waals surface area contributed by atoms with Gasteiger partial charge in [0.05, 0.1) is 5.69 Å². The molecule has 1 aliphatic heterocycles. The van der Waals surface area contributed by atoms with Crippen molar-refractivity contribution in [3.63, 3.8) is 0 Å². The molecule has 1 aliphatic rings. The zero-order valence-corrected chi connectivity index (χ0v) is 11.7. The Labute approximate surface area is 116 Å². The Morgan fingerprint density at radius 3 is 3.05 bits per heavy atom. The van der Waals surface area contributed by atoms with Crippen molar-refractivity contribution >= 4 is 22.4 Å². The highest BCUT2D eigenvalue weighted by atomic mass is 32.1. The summed E-state index contributed by atoms with van der Waals surface area (Å²) in [5.41, 5.74) is 1.06. The molecule has 2 N–H and O–H groups in total. The molecule has 19 heavy (non-hydrogen) atoms. The lowest BCUT2D eigenvalue weighted by atomic mass is 10.0. The van der Waals surface area contributed by atoms with Crippen molar-refractivity contribution in [2.75, 3.05) is 11.9 Å². The van der Waals surface area contributed by atoms with E-state index in [-0.39, 0.29) is 0 Å². The third-order valence-corrected chi connectivity index (χ3v) is 4.01. The topological polar surface area (TPSA) is 62.7 Å². The molecule has 3 rings (SSSR count). The van der Waals surface area contributed by atoms with Gasteiger partial charge in [-0.15, -0.1) is 11.3 Å². The Balaban J connectivity index is 1.75. The first-order valence-corrected chi connectivity index (χ1v) is 7.39. The number of aromatic nitrogens is 3. The summed E-state index contributed by atoms with van der Waals surface area (Å²) in [4.78, 5) is 14.3. The van der Waals surface area contributed by atoms with Crippen molar-refractivity contribution in [3.05, 3.63) is 29.0 Å². The third-order valence-electron chi connectivity index (χ3n) is 3.18. The first-order valence-electron chi connectivity index (χ1n) is 6.57. The summed E-state index contributed by atoms with van der Waals surface area (Å²) in [5.74, 6) is 0.624. The minimum Gasteiger partial charge on any atom is -0.309 e. The number of nitrogens with one attached hydrogen (secondary N) is 2. The van der Waals surface area contributed by atoms with Gasteiger partial charge >= 0.3 is 0 Å². The second kappa shape index (κ2) is 5.63. The fraction of sp³-hybridized carbons (Fsp3) is 0.462. The molecule has 100 valence electrons. The zero-order valence-electron chi connectivity index (χ0n) is 10.9. The summed E-state index contributed by atoms with van der Waals surface area (Å²) in [6, 6.07) is 2.34. The minimum absolute atomic E-state index is 0.357. The molecule has 0 aromatic carbocycles. The molecule has 0 saturated carbocycles. The van der Waals surface area contributed by atoms with Crippen LogP contribution in [-0.2, 0) is 0 Å². The van der Waals surface area contributed by atoms with E-state index in [0.717, 1.165) is 23.8 Å². The van der Waals surface area contributed by atoms with Crippen LogP contribution in [0.2, 0.25) is 0 Å². The molecular formula is C13H17N5S. The van der Waals surface area contributed by atoms with E-state index in [1.54, 1.807) is 17.5 Å². The maximum absolute atomic E-state index is 4.58. The Morgan fingerprint density at radius 1 is 1.37 bits per heavy atom. The number of hydrogen-bond donors (Lipinski definition) is 2. The average molecular weight is 275 g/mol. The van der Waals surface area contributed by atoms with Crippen LogP contribution in [0, 0.1) is 6.92 Å². The molecule has 0 aliphatic carbocycles. The first-order chi connectivity index (χ1) is 9.31. The standard InChI is InChI=1S/C13H17N5S/c1-9-8-16-13(19-9)18-12-15-7-5-11(17-12)10-4-2-3-6-14-10/h5,7-8,10,14H,2-4,6H2,1H3,(H,15,16,17,18). The summed E-state index contributed by atoms with van der Waals surface area (Å²) in [5, 5.41) is 7.50. The van der Waals surface area contributed by atoms with E-state index in [1.165, 1.54) is 17.7 Å². The predicted molar refractivity (Wildman–Crippen MR) is 76.8 cm³/mol. The molecule has 1 unspecified atom stereocenters. The molecular weight excluding hydrogens is 258 g/mol. The average Bonchev–Trinajstić information content (AvgIpc) is 2.85. The van der Waals surface area contributed by atoms with Gasteiger partial charge in [0.15, 0.2) is 5.13 Å². The van der Waals surface area contributed by atoms with E-state index in [4.69, 9.17) is 0 Å². The number of piperidine rings is 1. The van der Waals surface area contributed by atoms with Crippen molar-refractivity contribution in [3.8, 4) is 0 Å². The van der Waals surface area contributed by atoms with Gasteiger partial charge < -0.3 is 10.6 Å². The molecule has 0 amide bonds. The molecule has 0 bridgehead atoms. The molecule has 1 saturated heterocycles. The quantitative estimate of drug-likeness (QED) is 0.902. The lowest BCUT2D eigenvalue weighted by Gasteiger charge is -2.22. The summed E-state index contributed by atoms with van der Waals surface area (Å²) in [6.45, 7) is 3.11. The summed E-state index contributed by atoms with van der Waals surface area (Å²) >= 11 is 1.61. The number of rotatable bonds is 3. The summed E-state index contributed by atoms with van der Waals surface area (Å²) in [6.07, 6.45) is 7.31. The minimum atomic E-state index is 0.357. The number of aryl methyl sites for hydroxylation is 1. The lowest BCUT2D eigenvalue weighted by Crippen LogP contribution is -2.27. The highest BCUT2D eigenvalue weighted by Gasteiger charge is 2.16. The van der Waals surface area contributed by atoms with Gasteiger partial charge in [-0.1, -0.05) is 6.42 Å². The summed E-state index contributed by atoms with van der Waals surface area (Å²) in [7, 11) is 0. The maximum Gasteiger partial charge on any atom is 0.229 e. The van der Waals surface area contributed by atoms with Crippen molar-refractivity contribution < 1.29 is 0 Å². The van der Waals surface area contributed by atoms with Crippen LogP contribution in [0.1, 0.15) is 35.9 Å². The Kier molecular flexibility index (Phi) is 3.70. The third kappa shape index (κ3) is 3.08. The van der Waals surface area contributed by atoms with Crippen LogP contribution < -0.4 is 10.6 Å². The van der Waals surface area contributed by atoms with E-state index >= 15 is 0 Å². The van der Waals surface area contributed by atoms with Crippen molar-refractivity contribution in [1.82, 2.24) is 20.3 Å². The number of anilines is 2. The van der Waals surface area contributed by atoms with Crippen LogP contribution in [0.15, 0.2) is 18.5 Å². The molecule has 3 heterocycles. The van der Waals surface area contributed by atoms with Gasteiger partial charge in [-0.05, 0) is 32.4 Å². The van der Waals surface area contributed by atoms with E-state index in [9.17, 15) is 0 Å². The normalized spacial score (nSPS) is 19.3. The van der Waals surface area contributed by atoms with E-state index in [2.05, 4.69) is 25.6 Å². The van der Waals surface area contributed by atoms with Crippen LogP contribution in [0.5, 0.6) is 0 Å². The number of thiazole rings is 1. The molecule has 6 heteroatoms. The van der Waals surface area contributed by atoms with Gasteiger partial charge in [-0.3, -0.25) is 0 Å². The zero-order chi connectivity index (χ0) is 13.1. The van der Waals surface area contributed by atoms with Gasteiger partial charge in [0, 0.05) is 23.3 Å². The van der Waals surface area contributed by atoms with Crippen molar-refractivity contribution in [2.24, 2.45) is 0 Å². The van der Waals surface area contributed by atoms with Gasteiger partial charge in [-0.2, -0.15) is 0 Å². The smallest absolute Gasteiger partial charge is 0.229 e. The molecule has 5 nitrogen and oxygen atoms in total. The van der Waals surface area contributed by atoms with Gasteiger partial charge in [0.25, 0.3) is 0 Å². The van der Waals surface area contributed by atoms with E-state index in [0.29, 0.717) is 12.0 Å². The highest BCUT2D eigenvalue weighted by molar-refractivity contribution is 7.15. The SMILES string of the molecule is Cc1cnc(Nc2nccc(C3CCCCN3)n2)s1. The number of hydrogen-bond acceptors (Lipinski definition) is 6. The molecule has 0 radical (unpaired) electrons. The van der Waals surface area contributed by atoms with Crippen molar-refractivity contribution in [1.29, 1.82) is 0 Å². The maximum atomic E-state index is 4.58.